The maximum Gasteiger partial charge on any atom is 0.398 e. The molecule has 0 aromatic heterocycles. The number of ether oxygens (including phenoxy) is 2. The van der Waals surface area contributed by atoms with Gasteiger partial charge in [0, 0.05) is 29.8 Å². The molecule has 0 spiro atoms. The van der Waals surface area contributed by atoms with Crippen LogP contribution in [0, 0.1) is 29.1 Å². The van der Waals surface area contributed by atoms with E-state index in [1.165, 1.54) is 12.1 Å². The highest BCUT2D eigenvalue weighted by atomic mass is 19.3. The van der Waals surface area contributed by atoms with Gasteiger partial charge in [-0.15, -0.1) is 0 Å². The van der Waals surface area contributed by atoms with Crippen molar-refractivity contribution >= 4 is 5.97 Å². The van der Waals surface area contributed by atoms with Gasteiger partial charge < -0.3 is 9.47 Å². The summed E-state index contributed by atoms with van der Waals surface area (Å²) in [5.41, 5.74) is 0.412. The smallest absolute Gasteiger partial charge is 0.398 e. The molecule has 0 fully saturated rings. The molecule has 0 bridgehead atoms. The van der Waals surface area contributed by atoms with E-state index in [0.29, 0.717) is 12.1 Å². The third-order valence-electron chi connectivity index (χ3n) is 4.94. The number of alkyl halides is 2. The largest absolute Gasteiger partial charge is 0.432 e. The summed E-state index contributed by atoms with van der Waals surface area (Å²) in [6.07, 6.45) is -4.51. The van der Waals surface area contributed by atoms with Crippen molar-refractivity contribution in [1.82, 2.24) is 0 Å². The molecule has 3 aromatic rings. The number of esters is 1. The molecule has 35 heavy (non-hydrogen) atoms. The second-order valence-corrected chi connectivity index (χ2v) is 7.64. The summed E-state index contributed by atoms with van der Waals surface area (Å²) < 4.78 is 105. The highest BCUT2D eigenvalue weighted by Gasteiger charge is 2.33. The second-order valence-electron chi connectivity index (χ2n) is 7.64. The molecule has 3 rings (SSSR count). The molecule has 0 saturated carbocycles. The summed E-state index contributed by atoms with van der Waals surface area (Å²) in [4.78, 5) is 12.2. The molecule has 3 nitrogen and oxygen atoms in total. The zero-order valence-electron chi connectivity index (χ0n) is 18.3. The third-order valence-corrected chi connectivity index (χ3v) is 4.94. The number of hydrogen-bond donors (Lipinski definition) is 0. The lowest BCUT2D eigenvalue weighted by Gasteiger charge is -2.18. The van der Waals surface area contributed by atoms with E-state index in [0.717, 1.165) is 18.4 Å². The summed E-state index contributed by atoms with van der Waals surface area (Å²) in [5, 5.41) is 0. The minimum Gasteiger partial charge on any atom is -0.432 e. The quantitative estimate of drug-likeness (QED) is 0.135. The van der Waals surface area contributed by atoms with Crippen molar-refractivity contribution in [3.63, 3.8) is 0 Å². The number of carbonyl (C=O) groups excluding carboxylic acids is 1. The Morgan fingerprint density at radius 2 is 1.34 bits per heavy atom. The Bertz CT molecular complexity index is 1160. The van der Waals surface area contributed by atoms with E-state index in [1.807, 2.05) is 6.92 Å². The lowest BCUT2D eigenvalue weighted by atomic mass is 10.1. The average Bonchev–Trinajstić information content (AvgIpc) is 2.77. The van der Waals surface area contributed by atoms with Gasteiger partial charge in [-0.3, -0.25) is 0 Å². The molecule has 0 amide bonds. The predicted molar refractivity (Wildman–Crippen MR) is 112 cm³/mol. The summed E-state index contributed by atoms with van der Waals surface area (Å²) >= 11 is 0. The minimum atomic E-state index is -4.09. The summed E-state index contributed by atoms with van der Waals surface area (Å²) in [5.74, 6) is -10.2. The number of rotatable bonds is 9. The van der Waals surface area contributed by atoms with Gasteiger partial charge in [0.2, 0.25) is 0 Å². The number of aryl methyl sites for hydroxylation is 1. The zero-order chi connectivity index (χ0) is 25.8. The fraction of sp³-hybridized carbons (Fsp3) is 0.240. The van der Waals surface area contributed by atoms with E-state index >= 15 is 0 Å². The van der Waals surface area contributed by atoms with Crippen LogP contribution in [0.25, 0.3) is 0 Å². The van der Waals surface area contributed by atoms with E-state index in [4.69, 9.17) is 4.74 Å². The van der Waals surface area contributed by atoms with Gasteiger partial charge in [-0.1, -0.05) is 25.5 Å². The predicted octanol–water partition coefficient (Wildman–Crippen LogP) is 7.16. The number of benzene rings is 3. The fourth-order valence-electron chi connectivity index (χ4n) is 3.22. The molecule has 0 aliphatic heterocycles. The number of carbonyl (C=O) groups is 1. The molecule has 10 heteroatoms. The van der Waals surface area contributed by atoms with E-state index in [9.17, 15) is 35.5 Å². The number of hydrogen-bond acceptors (Lipinski definition) is 3. The van der Waals surface area contributed by atoms with Gasteiger partial charge in [-0.2, -0.15) is 8.78 Å². The molecule has 186 valence electrons. The van der Waals surface area contributed by atoms with Crippen LogP contribution in [-0.4, -0.2) is 12.1 Å². The summed E-state index contributed by atoms with van der Waals surface area (Å²) in [7, 11) is 0. The molecule has 0 aliphatic rings. The van der Waals surface area contributed by atoms with Crippen LogP contribution in [0.4, 0.5) is 30.7 Å². The Morgan fingerprint density at radius 1 is 0.800 bits per heavy atom. The standard InChI is InChI=1S/C25H19F7O3/c1-2-3-14-4-6-15(7-5-14)24(33)34-16-10-19(26)18(20(27)11-16)8-9-25(31,32)35-17-12-21(28)23(30)22(29)13-17/h4-7,10-13H,2-3,8-9H2,1H3. The molecule has 0 saturated heterocycles. The first-order chi connectivity index (χ1) is 16.5. The van der Waals surface area contributed by atoms with E-state index in [-0.39, 0.29) is 17.7 Å². The molecule has 3 aromatic carbocycles. The van der Waals surface area contributed by atoms with Gasteiger partial charge in [0.1, 0.15) is 23.1 Å². The normalized spacial score (nSPS) is 11.4. The van der Waals surface area contributed by atoms with Gasteiger partial charge in [-0.05, 0) is 30.5 Å². The first-order valence-corrected chi connectivity index (χ1v) is 10.5. The minimum absolute atomic E-state index is 0.153. The van der Waals surface area contributed by atoms with Crippen molar-refractivity contribution < 1.29 is 45.0 Å². The molecular formula is C25H19F7O3. The van der Waals surface area contributed by atoms with Gasteiger partial charge in [0.25, 0.3) is 0 Å². The van der Waals surface area contributed by atoms with Gasteiger partial charge in [0.15, 0.2) is 17.5 Å². The molecule has 0 aliphatic carbocycles. The number of halogens is 7. The van der Waals surface area contributed by atoms with Crippen molar-refractivity contribution in [3.05, 3.63) is 94.3 Å². The highest BCUT2D eigenvalue weighted by Crippen LogP contribution is 2.30. The van der Waals surface area contributed by atoms with Crippen LogP contribution in [-0.2, 0) is 12.8 Å². The van der Waals surface area contributed by atoms with Crippen LogP contribution >= 0.6 is 0 Å². The van der Waals surface area contributed by atoms with Crippen LogP contribution < -0.4 is 9.47 Å². The van der Waals surface area contributed by atoms with Crippen LogP contribution in [0.2, 0.25) is 0 Å². The molecular weight excluding hydrogens is 481 g/mol. The summed E-state index contributed by atoms with van der Waals surface area (Å²) in [6, 6.07) is 8.24. The van der Waals surface area contributed by atoms with Crippen molar-refractivity contribution in [3.8, 4) is 11.5 Å². The van der Waals surface area contributed by atoms with E-state index < -0.39 is 71.1 Å². The Kier molecular flexibility index (Phi) is 8.03. The van der Waals surface area contributed by atoms with Crippen LogP contribution in [0.1, 0.15) is 41.3 Å². The average molecular weight is 500 g/mol. The van der Waals surface area contributed by atoms with Crippen LogP contribution in [0.3, 0.4) is 0 Å². The molecule has 0 radical (unpaired) electrons. The van der Waals surface area contributed by atoms with Crippen molar-refractivity contribution in [1.29, 1.82) is 0 Å². The SMILES string of the molecule is CCCc1ccc(C(=O)Oc2cc(F)c(CCC(F)(F)Oc3cc(F)c(F)c(F)c3)c(F)c2)cc1. The Balaban J connectivity index is 1.66. The molecule has 0 unspecified atom stereocenters. The Labute approximate surface area is 196 Å². The topological polar surface area (TPSA) is 35.5 Å². The van der Waals surface area contributed by atoms with Crippen LogP contribution in [0.15, 0.2) is 48.5 Å². The lowest BCUT2D eigenvalue weighted by Crippen LogP contribution is -2.26. The Morgan fingerprint density at radius 3 is 1.89 bits per heavy atom. The van der Waals surface area contributed by atoms with Gasteiger partial charge in [-0.25, -0.2) is 26.7 Å². The second kappa shape index (κ2) is 10.8. The molecule has 0 N–H and O–H groups in total. The maximum atomic E-state index is 14.4. The zero-order valence-corrected chi connectivity index (χ0v) is 18.3. The van der Waals surface area contributed by atoms with Crippen molar-refractivity contribution in [2.75, 3.05) is 0 Å². The first-order valence-electron chi connectivity index (χ1n) is 10.5. The Hall–Kier alpha value is -3.56. The van der Waals surface area contributed by atoms with Gasteiger partial charge in [0.05, 0.1) is 12.0 Å². The molecule has 0 atom stereocenters. The molecule has 0 heterocycles. The lowest BCUT2D eigenvalue weighted by molar-refractivity contribution is -0.180. The first kappa shape index (κ1) is 26.1. The fourth-order valence-corrected chi connectivity index (χ4v) is 3.22. The summed E-state index contributed by atoms with van der Waals surface area (Å²) in [6.45, 7) is 2.00. The van der Waals surface area contributed by atoms with Gasteiger partial charge >= 0.3 is 12.1 Å². The van der Waals surface area contributed by atoms with Crippen molar-refractivity contribution in [2.24, 2.45) is 0 Å². The van der Waals surface area contributed by atoms with Crippen LogP contribution in [0.5, 0.6) is 11.5 Å². The van der Waals surface area contributed by atoms with Crippen molar-refractivity contribution in [2.45, 2.75) is 38.7 Å². The monoisotopic (exact) mass is 500 g/mol. The van der Waals surface area contributed by atoms with E-state index in [1.54, 1.807) is 12.1 Å². The third kappa shape index (κ3) is 6.74. The maximum absolute atomic E-state index is 14.4. The van der Waals surface area contributed by atoms with E-state index in [2.05, 4.69) is 4.74 Å². The highest BCUT2D eigenvalue weighted by molar-refractivity contribution is 5.91.